The highest BCUT2D eigenvalue weighted by Crippen LogP contribution is 2.35. The van der Waals surface area contributed by atoms with Crippen LogP contribution in [-0.4, -0.2) is 38.7 Å². The first-order valence-electron chi connectivity index (χ1n) is 9.22. The lowest BCUT2D eigenvalue weighted by atomic mass is 10.1. The first kappa shape index (κ1) is 18.1. The number of fused-ring (bicyclic) bond motifs is 1. The molecule has 0 radical (unpaired) electrons. The fraction of sp³-hybridized carbons (Fsp3) is 0.300. The minimum absolute atomic E-state index is 0.0274. The van der Waals surface area contributed by atoms with Crippen LogP contribution in [0.5, 0.6) is 0 Å². The highest BCUT2D eigenvalue weighted by molar-refractivity contribution is 5.88. The summed E-state index contributed by atoms with van der Waals surface area (Å²) in [6, 6.07) is 3.45. The summed E-state index contributed by atoms with van der Waals surface area (Å²) in [6.07, 6.45) is 11.3. The fourth-order valence-corrected chi connectivity index (χ4v) is 3.50. The number of nitrogens with zero attached hydrogens (tertiary/aromatic N) is 5. The molecule has 0 amide bonds. The van der Waals surface area contributed by atoms with Crippen molar-refractivity contribution in [1.82, 2.24) is 19.6 Å². The number of carbonyl (C=O) groups excluding carboxylic acids is 1. The van der Waals surface area contributed by atoms with Crippen LogP contribution in [0.3, 0.4) is 0 Å². The third-order valence-corrected chi connectivity index (χ3v) is 4.73. The Morgan fingerprint density at radius 2 is 2.29 bits per heavy atom. The van der Waals surface area contributed by atoms with E-state index in [1.54, 1.807) is 29.9 Å². The Morgan fingerprint density at radius 1 is 1.39 bits per heavy atom. The zero-order chi connectivity index (χ0) is 19.5. The van der Waals surface area contributed by atoms with Crippen molar-refractivity contribution in [3.05, 3.63) is 59.9 Å². The predicted molar refractivity (Wildman–Crippen MR) is 102 cm³/mol. The number of pyridine rings is 1. The smallest absolute Gasteiger partial charge is 0.330 e. The second kappa shape index (κ2) is 7.75. The molecule has 3 aromatic rings. The minimum atomic E-state index is -0.406. The molecule has 0 N–H and O–H groups in total. The summed E-state index contributed by atoms with van der Waals surface area (Å²) in [4.78, 5) is 22.5. The molecule has 0 aliphatic carbocycles. The predicted octanol–water partition coefficient (Wildman–Crippen LogP) is 3.18. The quantitative estimate of drug-likeness (QED) is 0.499. The number of aromatic nitrogens is 4. The molecule has 0 bridgehead atoms. The molecule has 1 fully saturated rings. The van der Waals surface area contributed by atoms with E-state index in [-0.39, 0.29) is 11.9 Å². The van der Waals surface area contributed by atoms with Crippen molar-refractivity contribution in [2.75, 3.05) is 18.1 Å². The van der Waals surface area contributed by atoms with Crippen LogP contribution < -0.4 is 4.90 Å². The molecule has 7 nitrogen and oxygen atoms in total. The van der Waals surface area contributed by atoms with E-state index in [4.69, 9.17) is 9.72 Å². The maximum Gasteiger partial charge on any atom is 0.330 e. The Balaban J connectivity index is 1.65. The van der Waals surface area contributed by atoms with Gasteiger partial charge < -0.3 is 9.64 Å². The number of carbonyl (C=O) groups is 1. The van der Waals surface area contributed by atoms with E-state index in [9.17, 15) is 9.18 Å². The molecule has 144 valence electrons. The van der Waals surface area contributed by atoms with Gasteiger partial charge >= 0.3 is 5.97 Å². The number of anilines is 1. The molecule has 4 heterocycles. The van der Waals surface area contributed by atoms with Crippen molar-refractivity contribution in [1.29, 1.82) is 0 Å². The van der Waals surface area contributed by atoms with Crippen molar-refractivity contribution in [2.24, 2.45) is 0 Å². The number of esters is 1. The Morgan fingerprint density at radius 3 is 3.11 bits per heavy atom. The number of hydrogen-bond acceptors (Lipinski definition) is 6. The molecule has 0 aromatic carbocycles. The minimum Gasteiger partial charge on any atom is -0.463 e. The Hall–Kier alpha value is -3.29. The van der Waals surface area contributed by atoms with E-state index < -0.39 is 5.97 Å². The van der Waals surface area contributed by atoms with E-state index in [2.05, 4.69) is 15.0 Å². The molecule has 1 aliphatic rings. The second-order valence-corrected chi connectivity index (χ2v) is 6.53. The van der Waals surface area contributed by atoms with Gasteiger partial charge in [0.2, 0.25) is 0 Å². The Labute approximate surface area is 161 Å². The van der Waals surface area contributed by atoms with Gasteiger partial charge in [-0.1, -0.05) is 0 Å². The van der Waals surface area contributed by atoms with E-state index in [1.807, 2.05) is 12.3 Å². The maximum absolute atomic E-state index is 13.6. The van der Waals surface area contributed by atoms with Crippen molar-refractivity contribution < 1.29 is 13.9 Å². The lowest BCUT2D eigenvalue weighted by Crippen LogP contribution is -2.24. The summed E-state index contributed by atoms with van der Waals surface area (Å²) in [5.41, 5.74) is 2.20. The standard InChI is InChI=1S/C20H20FN5O2/c1-2-28-19(27)6-5-14-12-23-26-9-7-18(24-20(14)26)25-8-3-4-17(25)15-10-16(21)13-22-11-15/h5-7,9-13,17H,2-4,8H2,1H3/b6-5+. The fourth-order valence-electron chi connectivity index (χ4n) is 3.50. The highest BCUT2D eigenvalue weighted by atomic mass is 19.1. The molecule has 1 aliphatic heterocycles. The Bertz CT molecular complexity index is 1030. The third kappa shape index (κ3) is 3.58. The van der Waals surface area contributed by atoms with E-state index in [0.29, 0.717) is 12.3 Å². The van der Waals surface area contributed by atoms with Gasteiger partial charge in [-0.15, -0.1) is 0 Å². The van der Waals surface area contributed by atoms with Crippen LogP contribution in [0.25, 0.3) is 11.7 Å². The normalized spacial score (nSPS) is 16.9. The van der Waals surface area contributed by atoms with Crippen LogP contribution in [0, 0.1) is 5.82 Å². The van der Waals surface area contributed by atoms with Gasteiger partial charge in [-0.2, -0.15) is 5.10 Å². The van der Waals surface area contributed by atoms with Gasteiger partial charge in [0.25, 0.3) is 0 Å². The van der Waals surface area contributed by atoms with Crippen molar-refractivity contribution in [3.63, 3.8) is 0 Å². The van der Waals surface area contributed by atoms with Gasteiger partial charge in [0.05, 0.1) is 25.0 Å². The summed E-state index contributed by atoms with van der Waals surface area (Å²) in [5, 5.41) is 4.27. The van der Waals surface area contributed by atoms with E-state index in [0.717, 1.165) is 36.3 Å². The number of hydrogen-bond donors (Lipinski definition) is 0. The zero-order valence-corrected chi connectivity index (χ0v) is 15.5. The van der Waals surface area contributed by atoms with Crippen molar-refractivity contribution in [2.45, 2.75) is 25.8 Å². The first-order chi connectivity index (χ1) is 13.7. The van der Waals surface area contributed by atoms with Gasteiger partial charge in [-0.25, -0.2) is 18.7 Å². The largest absolute Gasteiger partial charge is 0.463 e. The highest BCUT2D eigenvalue weighted by Gasteiger charge is 2.28. The van der Waals surface area contributed by atoms with Crippen molar-refractivity contribution in [3.8, 4) is 0 Å². The molecular formula is C20H20FN5O2. The molecule has 8 heteroatoms. The van der Waals surface area contributed by atoms with Gasteiger partial charge in [0.15, 0.2) is 5.65 Å². The number of rotatable bonds is 5. The molecule has 4 rings (SSSR count). The van der Waals surface area contributed by atoms with Crippen molar-refractivity contribution >= 4 is 23.5 Å². The molecular weight excluding hydrogens is 361 g/mol. The number of ether oxygens (including phenoxy) is 1. The van der Waals surface area contributed by atoms with Crippen LogP contribution in [0.4, 0.5) is 10.2 Å². The molecule has 0 saturated carbocycles. The second-order valence-electron chi connectivity index (χ2n) is 6.53. The topological polar surface area (TPSA) is 72.6 Å². The van der Waals surface area contributed by atoms with Crippen LogP contribution in [0.15, 0.2) is 43.0 Å². The average Bonchev–Trinajstić information content (AvgIpc) is 3.33. The van der Waals surface area contributed by atoms with E-state index in [1.165, 1.54) is 18.3 Å². The van der Waals surface area contributed by atoms with Crippen LogP contribution in [0.1, 0.15) is 36.9 Å². The van der Waals surface area contributed by atoms with E-state index >= 15 is 0 Å². The van der Waals surface area contributed by atoms with Crippen LogP contribution >= 0.6 is 0 Å². The molecule has 1 saturated heterocycles. The first-order valence-corrected chi connectivity index (χ1v) is 9.22. The lowest BCUT2D eigenvalue weighted by molar-refractivity contribution is -0.137. The molecule has 1 atom stereocenters. The molecule has 1 unspecified atom stereocenters. The number of halogens is 1. The zero-order valence-electron chi connectivity index (χ0n) is 15.5. The molecule has 3 aromatic heterocycles. The monoisotopic (exact) mass is 381 g/mol. The SMILES string of the molecule is CCOC(=O)/C=C/c1cnn2ccc(N3CCCC3c3cncc(F)c3)nc12. The lowest BCUT2D eigenvalue weighted by Gasteiger charge is -2.26. The van der Waals surface area contributed by atoms with Gasteiger partial charge in [-0.05, 0) is 43.5 Å². The summed E-state index contributed by atoms with van der Waals surface area (Å²) in [5.74, 6) is 0.0386. The van der Waals surface area contributed by atoms with Gasteiger partial charge in [0.1, 0.15) is 11.6 Å². The summed E-state index contributed by atoms with van der Waals surface area (Å²) >= 11 is 0. The summed E-state index contributed by atoms with van der Waals surface area (Å²) in [7, 11) is 0. The summed E-state index contributed by atoms with van der Waals surface area (Å²) in [6.45, 7) is 2.91. The average molecular weight is 381 g/mol. The van der Waals surface area contributed by atoms with Crippen LogP contribution in [-0.2, 0) is 9.53 Å². The van der Waals surface area contributed by atoms with Crippen LogP contribution in [0.2, 0.25) is 0 Å². The van der Waals surface area contributed by atoms with Gasteiger partial charge in [-0.3, -0.25) is 4.98 Å². The molecule has 0 spiro atoms. The maximum atomic E-state index is 13.6. The van der Waals surface area contributed by atoms with Gasteiger partial charge in [0, 0.05) is 30.6 Å². The molecule has 28 heavy (non-hydrogen) atoms. The third-order valence-electron chi connectivity index (χ3n) is 4.73. The Kier molecular flexibility index (Phi) is 5.01. The summed E-state index contributed by atoms with van der Waals surface area (Å²) < 4.78 is 20.2.